The van der Waals surface area contributed by atoms with E-state index in [2.05, 4.69) is 23.1 Å². The van der Waals surface area contributed by atoms with Gasteiger partial charge in [0.25, 0.3) is 6.02 Å². The first-order valence-corrected chi connectivity index (χ1v) is 11.8. The van der Waals surface area contributed by atoms with E-state index in [1.807, 2.05) is 12.1 Å². The molecule has 0 amide bonds. The average Bonchev–Trinajstić information content (AvgIpc) is 3.19. The van der Waals surface area contributed by atoms with Crippen molar-refractivity contribution in [1.82, 2.24) is 4.90 Å². The highest BCUT2D eigenvalue weighted by Gasteiger charge is 2.40. The fraction of sp³-hybridized carbons (Fsp3) is 0.500. The molecule has 6 rings (SSSR count). The third-order valence-electron chi connectivity index (χ3n) is 7.80. The van der Waals surface area contributed by atoms with Crippen LogP contribution in [0.3, 0.4) is 0 Å². The van der Waals surface area contributed by atoms with Gasteiger partial charge in [0, 0.05) is 18.5 Å². The van der Waals surface area contributed by atoms with Crippen LogP contribution in [0.4, 0.5) is 4.39 Å². The third-order valence-corrected chi connectivity index (χ3v) is 7.80. The quantitative estimate of drug-likeness (QED) is 0.795. The van der Waals surface area contributed by atoms with Gasteiger partial charge in [0.2, 0.25) is 0 Å². The van der Waals surface area contributed by atoms with Gasteiger partial charge in [-0.25, -0.2) is 9.38 Å². The number of benzene rings is 2. The van der Waals surface area contributed by atoms with Crippen molar-refractivity contribution in [3.05, 3.63) is 70.5 Å². The molecule has 2 aromatic rings. The molecule has 2 fully saturated rings. The van der Waals surface area contributed by atoms with Gasteiger partial charge in [-0.05, 0) is 72.4 Å². The normalized spacial score (nSPS) is 30.1. The molecule has 5 heteroatoms. The Morgan fingerprint density at radius 1 is 1.03 bits per heavy atom. The van der Waals surface area contributed by atoms with Gasteiger partial charge in [0.15, 0.2) is 0 Å². The summed E-state index contributed by atoms with van der Waals surface area (Å²) in [7, 11) is 0. The lowest BCUT2D eigenvalue weighted by atomic mass is 9.77. The highest BCUT2D eigenvalue weighted by Crippen LogP contribution is 2.42. The molecule has 0 unspecified atom stereocenters. The molecule has 2 saturated carbocycles. The molecule has 31 heavy (non-hydrogen) atoms. The van der Waals surface area contributed by atoms with Crippen LogP contribution in [0.15, 0.2) is 47.5 Å². The summed E-state index contributed by atoms with van der Waals surface area (Å²) in [6.45, 7) is 1.58. The predicted molar refractivity (Wildman–Crippen MR) is 120 cm³/mol. The van der Waals surface area contributed by atoms with Crippen LogP contribution in [0.1, 0.15) is 66.3 Å². The molecule has 2 atom stereocenters. The monoisotopic (exact) mass is 419 g/mol. The smallest absolute Gasteiger partial charge is 0.288 e. The Hall–Kier alpha value is -2.40. The SMILES string of the molecule is N[C@H]1C[C@@H]([C@@H]2CN=C(N3CCc4cc(C5CCC5)ccc4[C@@H]3c3ccc(F)cc3)O2)C1. The summed E-state index contributed by atoms with van der Waals surface area (Å²) in [6, 6.07) is 15.0. The van der Waals surface area contributed by atoms with Crippen molar-refractivity contribution < 1.29 is 9.13 Å². The summed E-state index contributed by atoms with van der Waals surface area (Å²) in [6.07, 6.45) is 7.15. The maximum atomic E-state index is 13.7. The van der Waals surface area contributed by atoms with E-state index in [0.29, 0.717) is 18.5 Å². The van der Waals surface area contributed by atoms with Crippen molar-refractivity contribution in [2.75, 3.05) is 13.1 Å². The zero-order valence-electron chi connectivity index (χ0n) is 17.8. The molecule has 0 bridgehead atoms. The molecule has 0 aromatic heterocycles. The second kappa shape index (κ2) is 7.63. The summed E-state index contributed by atoms with van der Waals surface area (Å²) >= 11 is 0. The fourth-order valence-electron chi connectivity index (χ4n) is 5.65. The minimum atomic E-state index is -0.206. The lowest BCUT2D eigenvalue weighted by Crippen LogP contribution is -2.45. The van der Waals surface area contributed by atoms with Gasteiger partial charge in [-0.1, -0.05) is 36.8 Å². The van der Waals surface area contributed by atoms with Crippen molar-refractivity contribution in [1.29, 1.82) is 0 Å². The number of nitrogens with zero attached hydrogens (tertiary/aromatic N) is 2. The molecule has 0 saturated heterocycles. The Morgan fingerprint density at radius 2 is 1.81 bits per heavy atom. The van der Waals surface area contributed by atoms with E-state index in [1.165, 1.54) is 36.0 Å². The van der Waals surface area contributed by atoms with Crippen molar-refractivity contribution in [3.8, 4) is 0 Å². The van der Waals surface area contributed by atoms with Crippen LogP contribution in [-0.4, -0.2) is 36.2 Å². The van der Waals surface area contributed by atoms with Crippen LogP contribution in [0.5, 0.6) is 0 Å². The predicted octanol–water partition coefficient (Wildman–Crippen LogP) is 4.53. The second-order valence-corrected chi connectivity index (χ2v) is 9.75. The van der Waals surface area contributed by atoms with E-state index < -0.39 is 0 Å². The minimum absolute atomic E-state index is 0.000869. The van der Waals surface area contributed by atoms with E-state index in [1.54, 1.807) is 12.1 Å². The standard InChI is InChI=1S/C26H30FN3O/c27-21-7-4-17(5-8-21)25-23-9-6-18(16-2-1-3-16)12-19(23)10-11-30(25)26-29-15-24(31-26)20-13-22(28)14-20/h4-9,12,16,20,22,24-25H,1-3,10-11,13-15,28H2/t20-,22+,24-,25-/m0/s1. The lowest BCUT2D eigenvalue weighted by molar-refractivity contribution is 0.0668. The Labute approximate surface area is 183 Å². The van der Waals surface area contributed by atoms with Crippen LogP contribution in [0.2, 0.25) is 0 Å². The zero-order chi connectivity index (χ0) is 20.9. The number of halogens is 1. The van der Waals surface area contributed by atoms with E-state index in [9.17, 15) is 4.39 Å². The van der Waals surface area contributed by atoms with Crippen LogP contribution < -0.4 is 5.73 Å². The highest BCUT2D eigenvalue weighted by molar-refractivity contribution is 5.77. The first-order chi connectivity index (χ1) is 15.2. The molecule has 2 aliphatic heterocycles. The number of fused-ring (bicyclic) bond motifs is 1. The first-order valence-electron chi connectivity index (χ1n) is 11.8. The van der Waals surface area contributed by atoms with Crippen molar-refractivity contribution in [2.24, 2.45) is 16.6 Å². The summed E-state index contributed by atoms with van der Waals surface area (Å²) < 4.78 is 20.1. The lowest BCUT2D eigenvalue weighted by Gasteiger charge is -2.40. The number of nitrogens with two attached hydrogens (primary N) is 1. The molecule has 162 valence electrons. The zero-order valence-corrected chi connectivity index (χ0v) is 17.8. The van der Waals surface area contributed by atoms with Crippen LogP contribution in [0, 0.1) is 11.7 Å². The molecule has 2 aromatic carbocycles. The molecular formula is C26H30FN3O. The maximum Gasteiger partial charge on any atom is 0.288 e. The van der Waals surface area contributed by atoms with E-state index in [4.69, 9.17) is 15.5 Å². The second-order valence-electron chi connectivity index (χ2n) is 9.75. The van der Waals surface area contributed by atoms with Gasteiger partial charge >= 0.3 is 0 Å². The summed E-state index contributed by atoms with van der Waals surface area (Å²) in [4.78, 5) is 7.10. The first kappa shape index (κ1) is 19.3. The molecule has 0 spiro atoms. The third kappa shape index (κ3) is 3.43. The van der Waals surface area contributed by atoms with Gasteiger partial charge in [0.05, 0.1) is 12.6 Å². The molecule has 2 N–H and O–H groups in total. The highest BCUT2D eigenvalue weighted by atomic mass is 19.1. The van der Waals surface area contributed by atoms with Crippen LogP contribution in [-0.2, 0) is 11.2 Å². The molecule has 4 aliphatic rings. The fourth-order valence-corrected chi connectivity index (χ4v) is 5.65. The Balaban J connectivity index is 1.31. The Bertz CT molecular complexity index is 994. The molecule has 2 aliphatic carbocycles. The Kier molecular flexibility index (Phi) is 4.75. The van der Waals surface area contributed by atoms with E-state index >= 15 is 0 Å². The van der Waals surface area contributed by atoms with Crippen molar-refractivity contribution >= 4 is 6.02 Å². The van der Waals surface area contributed by atoms with E-state index in [-0.39, 0.29) is 18.0 Å². The van der Waals surface area contributed by atoms with E-state index in [0.717, 1.165) is 43.3 Å². The van der Waals surface area contributed by atoms with Gasteiger partial charge in [-0.15, -0.1) is 0 Å². The van der Waals surface area contributed by atoms with Gasteiger partial charge < -0.3 is 15.4 Å². The van der Waals surface area contributed by atoms with Gasteiger partial charge in [0.1, 0.15) is 11.9 Å². The largest absolute Gasteiger partial charge is 0.460 e. The molecular weight excluding hydrogens is 389 g/mol. The van der Waals surface area contributed by atoms with Crippen LogP contribution in [0.25, 0.3) is 0 Å². The number of hydrogen-bond acceptors (Lipinski definition) is 4. The average molecular weight is 420 g/mol. The number of rotatable bonds is 3. The number of hydrogen-bond donors (Lipinski definition) is 1. The van der Waals surface area contributed by atoms with Crippen LogP contribution >= 0.6 is 0 Å². The topological polar surface area (TPSA) is 50.8 Å². The summed E-state index contributed by atoms with van der Waals surface area (Å²) in [5, 5.41) is 0. The number of amidine groups is 1. The maximum absolute atomic E-state index is 13.7. The number of ether oxygens (including phenoxy) is 1. The summed E-state index contributed by atoms with van der Waals surface area (Å²) in [5.74, 6) is 1.04. The number of aliphatic imine (C=N–C) groups is 1. The molecule has 2 heterocycles. The molecule has 4 nitrogen and oxygen atoms in total. The van der Waals surface area contributed by atoms with Gasteiger partial charge in [-0.3, -0.25) is 0 Å². The summed E-state index contributed by atoms with van der Waals surface area (Å²) in [5.41, 5.74) is 11.3. The Morgan fingerprint density at radius 3 is 2.52 bits per heavy atom. The minimum Gasteiger partial charge on any atom is -0.460 e. The van der Waals surface area contributed by atoms with Crippen molar-refractivity contribution in [2.45, 2.75) is 62.6 Å². The van der Waals surface area contributed by atoms with Gasteiger partial charge in [-0.2, -0.15) is 0 Å². The molecule has 0 radical (unpaired) electrons. The van der Waals surface area contributed by atoms with Crippen molar-refractivity contribution in [3.63, 3.8) is 0 Å².